The van der Waals surface area contributed by atoms with Crippen LogP contribution in [-0.2, 0) is 0 Å². The average Bonchev–Trinajstić information content (AvgIpc) is 1.75. The van der Waals surface area contributed by atoms with Crippen LogP contribution in [0.5, 0.6) is 0 Å². The standard InChI is InChI=1S/C3H7I/c1-4-2-3-4/h2-3H2,1H3. The summed E-state index contributed by atoms with van der Waals surface area (Å²) in [6.07, 6.45) is 0. The first kappa shape index (κ1) is 2.94. The fraction of sp³-hybridized carbons (Fsp3) is 1.00. The molecule has 0 bridgehead atoms. The molecule has 1 heteroatoms. The minimum absolute atomic E-state index is 0.0133. The molecule has 26 valence electrons. The van der Waals surface area contributed by atoms with Crippen LogP contribution in [0.1, 0.15) is 0 Å². The molecule has 0 nitrogen and oxygen atoms in total. The summed E-state index contributed by atoms with van der Waals surface area (Å²) in [5.74, 6) is 0. The first-order valence-corrected chi connectivity index (χ1v) is 6.62. The predicted molar refractivity (Wildman–Crippen MR) is 29.7 cm³/mol. The third-order valence-electron chi connectivity index (χ3n) is 0.567. The van der Waals surface area contributed by atoms with Gasteiger partial charge in [-0.15, -0.1) is 0 Å². The number of hydrogen-bond donors (Lipinski definition) is 0. The maximum absolute atomic E-state index is 2.43. The summed E-state index contributed by atoms with van der Waals surface area (Å²) in [6.45, 7) is 0. The van der Waals surface area contributed by atoms with Crippen molar-refractivity contribution in [3.8, 4) is 0 Å². The fourth-order valence-corrected chi connectivity index (χ4v) is 3.21. The molecule has 0 atom stereocenters. The van der Waals surface area contributed by atoms with E-state index < -0.39 is 0 Å². The van der Waals surface area contributed by atoms with Crippen LogP contribution >= 0.6 is 19.8 Å². The van der Waals surface area contributed by atoms with E-state index in [4.69, 9.17) is 0 Å². The molecule has 0 amide bonds. The van der Waals surface area contributed by atoms with Gasteiger partial charge in [0, 0.05) is 0 Å². The van der Waals surface area contributed by atoms with Crippen molar-refractivity contribution in [3.63, 3.8) is 0 Å². The molecule has 0 aromatic rings. The Balaban J connectivity index is 2.17. The monoisotopic (exact) mass is 170 g/mol. The summed E-state index contributed by atoms with van der Waals surface area (Å²) in [5.41, 5.74) is 0. The summed E-state index contributed by atoms with van der Waals surface area (Å²) in [6, 6.07) is 0. The van der Waals surface area contributed by atoms with Crippen molar-refractivity contribution in [3.05, 3.63) is 0 Å². The summed E-state index contributed by atoms with van der Waals surface area (Å²) in [5, 5.41) is 0. The quantitative estimate of drug-likeness (QED) is 0.377. The van der Waals surface area contributed by atoms with Gasteiger partial charge in [-0.25, -0.2) is 0 Å². The zero-order chi connectivity index (χ0) is 2.99. The molecule has 0 aromatic carbocycles. The van der Waals surface area contributed by atoms with Crippen molar-refractivity contribution in [2.45, 2.75) is 0 Å². The van der Waals surface area contributed by atoms with Crippen LogP contribution in [0, 0.1) is 0 Å². The molecular formula is C3H7I. The second-order valence-electron chi connectivity index (χ2n) is 1.10. The molecule has 0 aliphatic carbocycles. The second-order valence-corrected chi connectivity index (χ2v) is 7.39. The molecule has 1 aliphatic heterocycles. The Bertz CT molecular complexity index is 22.5. The van der Waals surface area contributed by atoms with Gasteiger partial charge in [0.2, 0.25) is 0 Å². The second kappa shape index (κ2) is 0.847. The number of alkyl halides is 3. The van der Waals surface area contributed by atoms with Gasteiger partial charge in [-0.05, 0) is 0 Å². The molecule has 0 unspecified atom stereocenters. The van der Waals surface area contributed by atoms with E-state index in [0.29, 0.717) is 0 Å². The van der Waals surface area contributed by atoms with Crippen molar-refractivity contribution in [2.24, 2.45) is 0 Å². The zero-order valence-corrected chi connectivity index (χ0v) is 4.95. The Labute approximate surface area is 34.0 Å². The maximum atomic E-state index is 2.43. The molecule has 1 fully saturated rings. The van der Waals surface area contributed by atoms with E-state index in [9.17, 15) is 0 Å². The van der Waals surface area contributed by atoms with Crippen molar-refractivity contribution >= 4 is 19.8 Å². The van der Waals surface area contributed by atoms with E-state index in [1.54, 1.807) is 8.86 Å². The first-order chi connectivity index (χ1) is 1.89. The van der Waals surface area contributed by atoms with Gasteiger partial charge in [0.05, 0.1) is 0 Å². The van der Waals surface area contributed by atoms with Crippen molar-refractivity contribution in [1.82, 2.24) is 0 Å². The fourth-order valence-electron chi connectivity index (χ4n) is 0.0714. The van der Waals surface area contributed by atoms with Crippen molar-refractivity contribution in [1.29, 1.82) is 0 Å². The van der Waals surface area contributed by atoms with Gasteiger partial charge in [0.1, 0.15) is 0 Å². The Morgan fingerprint density at radius 1 is 1.50 bits per heavy atom. The number of hydrogen-bond acceptors (Lipinski definition) is 0. The normalized spacial score (nSPS) is 30.8. The molecule has 0 spiro atoms. The average molecular weight is 170 g/mol. The van der Waals surface area contributed by atoms with Crippen LogP contribution in [0.3, 0.4) is 0 Å². The van der Waals surface area contributed by atoms with Gasteiger partial charge in [-0.3, -0.25) is 0 Å². The van der Waals surface area contributed by atoms with Gasteiger partial charge in [-0.2, -0.15) is 0 Å². The van der Waals surface area contributed by atoms with E-state index in [1.807, 2.05) is 0 Å². The third-order valence-corrected chi connectivity index (χ3v) is 3.80. The predicted octanol–water partition coefficient (Wildman–Crippen LogP) is 1.14. The molecule has 0 N–H and O–H groups in total. The zero-order valence-electron chi connectivity index (χ0n) is 2.79. The molecule has 1 aliphatic rings. The van der Waals surface area contributed by atoms with Gasteiger partial charge in [-0.1, -0.05) is 0 Å². The number of rotatable bonds is 0. The van der Waals surface area contributed by atoms with Gasteiger partial charge in [0.15, 0.2) is 0 Å². The van der Waals surface area contributed by atoms with Crippen LogP contribution in [0.2, 0.25) is 0 Å². The Morgan fingerprint density at radius 2 is 1.75 bits per heavy atom. The summed E-state index contributed by atoms with van der Waals surface area (Å²) in [7, 11) is 0. The molecule has 1 saturated heterocycles. The van der Waals surface area contributed by atoms with E-state index in [1.165, 1.54) is 0 Å². The van der Waals surface area contributed by atoms with Crippen LogP contribution in [0.4, 0.5) is 0 Å². The summed E-state index contributed by atoms with van der Waals surface area (Å²) >= 11 is -0.0133. The summed E-state index contributed by atoms with van der Waals surface area (Å²) < 4.78 is 3.29. The molecule has 1 heterocycles. The van der Waals surface area contributed by atoms with E-state index in [0.717, 1.165) is 0 Å². The van der Waals surface area contributed by atoms with Crippen LogP contribution in [0.15, 0.2) is 0 Å². The molecule has 0 radical (unpaired) electrons. The van der Waals surface area contributed by atoms with E-state index in [-0.39, 0.29) is 19.8 Å². The van der Waals surface area contributed by atoms with Crippen LogP contribution in [-0.4, -0.2) is 13.8 Å². The van der Waals surface area contributed by atoms with Gasteiger partial charge in [0.25, 0.3) is 0 Å². The van der Waals surface area contributed by atoms with E-state index >= 15 is 0 Å². The first-order valence-electron chi connectivity index (χ1n) is 1.41. The molecule has 4 heavy (non-hydrogen) atoms. The van der Waals surface area contributed by atoms with Crippen molar-refractivity contribution < 1.29 is 0 Å². The number of halogens is 1. The summed E-state index contributed by atoms with van der Waals surface area (Å²) in [4.78, 5) is 2.43. The van der Waals surface area contributed by atoms with Crippen LogP contribution in [0.25, 0.3) is 0 Å². The van der Waals surface area contributed by atoms with Gasteiger partial charge >= 0.3 is 33.6 Å². The Hall–Kier alpha value is 0.730. The van der Waals surface area contributed by atoms with Crippen molar-refractivity contribution in [2.75, 3.05) is 13.8 Å². The molecule has 0 aromatic heterocycles. The molecule has 1 rings (SSSR count). The van der Waals surface area contributed by atoms with Gasteiger partial charge < -0.3 is 0 Å². The third kappa shape index (κ3) is 0.587. The minimum atomic E-state index is -0.0133. The van der Waals surface area contributed by atoms with E-state index in [2.05, 4.69) is 4.93 Å². The van der Waals surface area contributed by atoms with Crippen LogP contribution < -0.4 is 0 Å². The molecular weight excluding hydrogens is 163 g/mol. The SMILES string of the molecule is CI1CC1. The Kier molecular flexibility index (Phi) is 0.623. The Morgan fingerprint density at radius 3 is 1.75 bits per heavy atom. The topological polar surface area (TPSA) is 0 Å². The molecule has 0 saturated carbocycles.